The van der Waals surface area contributed by atoms with Crippen LogP contribution >= 0.6 is 0 Å². The summed E-state index contributed by atoms with van der Waals surface area (Å²) in [6.07, 6.45) is 0.884. The third-order valence-electron chi connectivity index (χ3n) is 2.47. The first-order chi connectivity index (χ1) is 6.63. The van der Waals surface area contributed by atoms with Gasteiger partial charge in [0, 0.05) is 17.3 Å². The number of hydrogen-bond acceptors (Lipinski definition) is 2. The van der Waals surface area contributed by atoms with Crippen molar-refractivity contribution >= 4 is 5.65 Å². The van der Waals surface area contributed by atoms with E-state index >= 15 is 0 Å². The highest BCUT2D eigenvalue weighted by Gasteiger charge is 2.08. The molecule has 0 saturated heterocycles. The van der Waals surface area contributed by atoms with Crippen molar-refractivity contribution in [2.45, 2.75) is 27.2 Å². The highest BCUT2D eigenvalue weighted by atomic mass is 16.1. The van der Waals surface area contributed by atoms with E-state index in [0.29, 0.717) is 0 Å². The first kappa shape index (κ1) is 8.99. The summed E-state index contributed by atoms with van der Waals surface area (Å²) in [5.41, 5.74) is 3.71. The lowest BCUT2D eigenvalue weighted by molar-refractivity contribution is 0.850. The smallest absolute Gasteiger partial charge is 0.251 e. The number of H-pyrrole nitrogens is 1. The number of aromatic nitrogens is 3. The van der Waals surface area contributed by atoms with Crippen molar-refractivity contribution in [3.05, 3.63) is 33.4 Å². The van der Waals surface area contributed by atoms with Crippen molar-refractivity contribution < 1.29 is 0 Å². The van der Waals surface area contributed by atoms with Gasteiger partial charge in [-0.05, 0) is 20.3 Å². The zero-order chi connectivity index (χ0) is 10.3. The standard InChI is InChI=1S/C10H13N3O/c1-4-8-7(3)10-11-9(14)5-6(2)13(10)12-8/h5H,4H2,1-3H3,(H,11,14). The van der Waals surface area contributed by atoms with E-state index in [9.17, 15) is 4.79 Å². The molecule has 0 atom stereocenters. The van der Waals surface area contributed by atoms with E-state index < -0.39 is 0 Å². The van der Waals surface area contributed by atoms with Crippen molar-refractivity contribution in [1.82, 2.24) is 14.6 Å². The van der Waals surface area contributed by atoms with E-state index in [1.807, 2.05) is 13.8 Å². The normalized spacial score (nSPS) is 11.1. The maximum Gasteiger partial charge on any atom is 0.251 e. The Balaban J connectivity index is 2.92. The number of fused-ring (bicyclic) bond motifs is 1. The lowest BCUT2D eigenvalue weighted by Crippen LogP contribution is -2.09. The molecule has 0 bridgehead atoms. The molecule has 0 spiro atoms. The van der Waals surface area contributed by atoms with E-state index in [4.69, 9.17) is 0 Å². The molecule has 14 heavy (non-hydrogen) atoms. The number of hydrogen-bond donors (Lipinski definition) is 1. The summed E-state index contributed by atoms with van der Waals surface area (Å²) in [5.74, 6) is 0. The minimum absolute atomic E-state index is 0.0688. The molecule has 4 heteroatoms. The Kier molecular flexibility index (Phi) is 1.91. The van der Waals surface area contributed by atoms with E-state index in [-0.39, 0.29) is 5.56 Å². The molecule has 2 rings (SSSR count). The molecular formula is C10H13N3O. The third-order valence-corrected chi connectivity index (χ3v) is 2.47. The molecule has 1 N–H and O–H groups in total. The lowest BCUT2D eigenvalue weighted by atomic mass is 10.2. The number of nitrogens with one attached hydrogen (secondary N) is 1. The van der Waals surface area contributed by atoms with E-state index in [0.717, 1.165) is 29.0 Å². The van der Waals surface area contributed by atoms with Crippen LogP contribution in [0, 0.1) is 13.8 Å². The van der Waals surface area contributed by atoms with Crippen LogP contribution in [0.1, 0.15) is 23.9 Å². The summed E-state index contributed by atoms with van der Waals surface area (Å²) in [6, 6.07) is 1.55. The first-order valence-electron chi connectivity index (χ1n) is 4.71. The minimum Gasteiger partial charge on any atom is -0.307 e. The van der Waals surface area contributed by atoms with Gasteiger partial charge < -0.3 is 4.98 Å². The van der Waals surface area contributed by atoms with Crippen LogP contribution in [0.3, 0.4) is 0 Å². The predicted octanol–water partition coefficient (Wildman–Crippen LogP) is 1.20. The van der Waals surface area contributed by atoms with Crippen LogP contribution in [-0.4, -0.2) is 14.6 Å². The fraction of sp³-hybridized carbons (Fsp3) is 0.400. The third kappa shape index (κ3) is 1.14. The molecule has 74 valence electrons. The summed E-state index contributed by atoms with van der Waals surface area (Å²) in [7, 11) is 0. The second-order valence-corrected chi connectivity index (χ2v) is 3.46. The maximum atomic E-state index is 11.3. The van der Waals surface area contributed by atoms with Gasteiger partial charge in [0.15, 0.2) is 0 Å². The van der Waals surface area contributed by atoms with Gasteiger partial charge in [0.25, 0.3) is 5.56 Å². The number of nitrogens with zero attached hydrogens (tertiary/aromatic N) is 2. The van der Waals surface area contributed by atoms with Crippen LogP contribution in [0.25, 0.3) is 5.65 Å². The fourth-order valence-electron chi connectivity index (χ4n) is 1.68. The molecule has 2 aromatic heterocycles. The van der Waals surface area contributed by atoms with Crippen LogP contribution in [0.5, 0.6) is 0 Å². The van der Waals surface area contributed by atoms with Gasteiger partial charge in [-0.25, -0.2) is 4.52 Å². The Bertz CT molecular complexity index is 536. The summed E-state index contributed by atoms with van der Waals surface area (Å²) >= 11 is 0. The van der Waals surface area contributed by atoms with Gasteiger partial charge in [-0.1, -0.05) is 6.92 Å². The molecule has 4 nitrogen and oxygen atoms in total. The molecule has 0 aliphatic heterocycles. The van der Waals surface area contributed by atoms with Crippen LogP contribution < -0.4 is 5.56 Å². The Morgan fingerprint density at radius 3 is 2.86 bits per heavy atom. The second kappa shape index (κ2) is 2.97. The molecule has 2 heterocycles. The number of aryl methyl sites for hydroxylation is 3. The van der Waals surface area contributed by atoms with Crippen LogP contribution in [0.4, 0.5) is 0 Å². The number of aromatic amines is 1. The van der Waals surface area contributed by atoms with Gasteiger partial charge in [0.2, 0.25) is 0 Å². The largest absolute Gasteiger partial charge is 0.307 e. The number of rotatable bonds is 1. The van der Waals surface area contributed by atoms with Crippen molar-refractivity contribution in [1.29, 1.82) is 0 Å². The van der Waals surface area contributed by atoms with E-state index in [1.54, 1.807) is 10.6 Å². The Labute approximate surface area is 81.6 Å². The summed E-state index contributed by atoms with van der Waals surface area (Å²) in [5, 5.41) is 4.42. The molecule has 0 radical (unpaired) electrons. The molecular weight excluding hydrogens is 178 g/mol. The van der Waals surface area contributed by atoms with Crippen molar-refractivity contribution in [3.8, 4) is 0 Å². The molecule has 0 aromatic carbocycles. The van der Waals surface area contributed by atoms with Gasteiger partial charge in [0.05, 0.1) is 5.69 Å². The van der Waals surface area contributed by atoms with E-state index in [1.165, 1.54) is 0 Å². The Morgan fingerprint density at radius 1 is 1.50 bits per heavy atom. The molecule has 0 saturated carbocycles. The van der Waals surface area contributed by atoms with Crippen LogP contribution in [0.15, 0.2) is 10.9 Å². The zero-order valence-electron chi connectivity index (χ0n) is 8.59. The predicted molar refractivity (Wildman–Crippen MR) is 54.7 cm³/mol. The first-order valence-corrected chi connectivity index (χ1v) is 4.71. The topological polar surface area (TPSA) is 50.2 Å². The van der Waals surface area contributed by atoms with Crippen molar-refractivity contribution in [3.63, 3.8) is 0 Å². The van der Waals surface area contributed by atoms with Gasteiger partial charge in [-0.3, -0.25) is 4.79 Å². The average Bonchev–Trinajstić information content (AvgIpc) is 2.44. The van der Waals surface area contributed by atoms with Gasteiger partial charge in [0.1, 0.15) is 5.65 Å². The van der Waals surface area contributed by atoms with Crippen molar-refractivity contribution in [2.75, 3.05) is 0 Å². The van der Waals surface area contributed by atoms with E-state index in [2.05, 4.69) is 17.0 Å². The molecule has 0 amide bonds. The van der Waals surface area contributed by atoms with Gasteiger partial charge >= 0.3 is 0 Å². The van der Waals surface area contributed by atoms with Gasteiger partial charge in [-0.2, -0.15) is 5.10 Å². The summed E-state index contributed by atoms with van der Waals surface area (Å²) in [6.45, 7) is 5.92. The quantitative estimate of drug-likeness (QED) is 0.736. The highest BCUT2D eigenvalue weighted by molar-refractivity contribution is 5.49. The highest BCUT2D eigenvalue weighted by Crippen LogP contribution is 2.12. The summed E-state index contributed by atoms with van der Waals surface area (Å²) < 4.78 is 1.79. The molecule has 0 aliphatic rings. The average molecular weight is 191 g/mol. The molecule has 0 aliphatic carbocycles. The Hall–Kier alpha value is -1.58. The van der Waals surface area contributed by atoms with Crippen LogP contribution in [-0.2, 0) is 6.42 Å². The molecule has 0 fully saturated rings. The summed E-state index contributed by atoms with van der Waals surface area (Å²) in [4.78, 5) is 14.1. The Morgan fingerprint density at radius 2 is 2.21 bits per heavy atom. The molecule has 0 unspecified atom stereocenters. The maximum absolute atomic E-state index is 11.3. The monoisotopic (exact) mass is 191 g/mol. The fourth-order valence-corrected chi connectivity index (χ4v) is 1.68. The molecule has 2 aromatic rings. The second-order valence-electron chi connectivity index (χ2n) is 3.46. The SMILES string of the molecule is CCc1nn2c(C)cc(=O)[nH]c2c1C. The minimum atomic E-state index is -0.0688. The lowest BCUT2D eigenvalue weighted by Gasteiger charge is -1.96. The van der Waals surface area contributed by atoms with Gasteiger partial charge in [-0.15, -0.1) is 0 Å². The van der Waals surface area contributed by atoms with Crippen molar-refractivity contribution in [2.24, 2.45) is 0 Å². The zero-order valence-corrected chi connectivity index (χ0v) is 8.59. The van der Waals surface area contributed by atoms with Crippen LogP contribution in [0.2, 0.25) is 0 Å².